The summed E-state index contributed by atoms with van der Waals surface area (Å²) in [5, 5.41) is 6.66. The van der Waals surface area contributed by atoms with E-state index in [-0.39, 0.29) is 5.75 Å². The lowest BCUT2D eigenvalue weighted by Crippen LogP contribution is -2.29. The Hall–Kier alpha value is -2.41. The third kappa shape index (κ3) is 5.84. The first-order valence-corrected chi connectivity index (χ1v) is 8.72. The van der Waals surface area contributed by atoms with Gasteiger partial charge in [0.05, 0.1) is 7.11 Å². The van der Waals surface area contributed by atoms with Crippen molar-refractivity contribution in [2.75, 3.05) is 19.0 Å². The van der Waals surface area contributed by atoms with E-state index < -0.39 is 6.61 Å². The molecule has 0 aliphatic rings. The minimum atomic E-state index is -2.90. The number of nitrogens with one attached hydrogen (secondary N) is 2. The van der Waals surface area contributed by atoms with Gasteiger partial charge in [-0.15, -0.1) is 0 Å². The minimum Gasteiger partial charge on any atom is -0.497 e. The Morgan fingerprint density at radius 1 is 1.15 bits per heavy atom. The molecule has 0 unspecified atom stereocenters. The molecule has 2 aromatic rings. The van der Waals surface area contributed by atoms with Gasteiger partial charge in [-0.1, -0.05) is 25.5 Å². The Labute approximate surface area is 157 Å². The van der Waals surface area contributed by atoms with E-state index in [1.54, 1.807) is 43.5 Å². The van der Waals surface area contributed by atoms with Crippen molar-refractivity contribution < 1.29 is 18.3 Å². The van der Waals surface area contributed by atoms with Crippen molar-refractivity contribution in [3.8, 4) is 22.6 Å². The minimum absolute atomic E-state index is 0.0978. The Bertz CT molecular complexity index is 724. The first-order valence-electron chi connectivity index (χ1n) is 8.31. The van der Waals surface area contributed by atoms with Crippen LogP contribution in [0.1, 0.15) is 19.8 Å². The van der Waals surface area contributed by atoms with E-state index >= 15 is 0 Å². The van der Waals surface area contributed by atoms with Crippen molar-refractivity contribution in [1.82, 2.24) is 5.32 Å². The van der Waals surface area contributed by atoms with Gasteiger partial charge in [0.25, 0.3) is 0 Å². The number of anilines is 1. The molecular formula is C19H22F2N2O2S. The van der Waals surface area contributed by atoms with E-state index in [0.717, 1.165) is 24.9 Å². The van der Waals surface area contributed by atoms with Gasteiger partial charge in [0.2, 0.25) is 0 Å². The molecule has 0 aliphatic carbocycles. The van der Waals surface area contributed by atoms with E-state index in [0.29, 0.717) is 22.1 Å². The molecule has 2 rings (SSSR count). The molecule has 0 fully saturated rings. The van der Waals surface area contributed by atoms with Crippen molar-refractivity contribution in [1.29, 1.82) is 0 Å². The molecule has 0 aliphatic heterocycles. The molecule has 0 saturated heterocycles. The van der Waals surface area contributed by atoms with Crippen LogP contribution >= 0.6 is 12.2 Å². The van der Waals surface area contributed by atoms with E-state index in [1.165, 1.54) is 6.07 Å². The summed E-state index contributed by atoms with van der Waals surface area (Å²) in [6.07, 6.45) is 2.08. The second kappa shape index (κ2) is 9.91. The van der Waals surface area contributed by atoms with Crippen LogP contribution in [0.3, 0.4) is 0 Å². The monoisotopic (exact) mass is 380 g/mol. The van der Waals surface area contributed by atoms with Crippen molar-refractivity contribution >= 4 is 23.0 Å². The van der Waals surface area contributed by atoms with Crippen LogP contribution in [0.15, 0.2) is 42.5 Å². The highest BCUT2D eigenvalue weighted by atomic mass is 32.1. The number of hydrogen-bond donors (Lipinski definition) is 2. The van der Waals surface area contributed by atoms with Gasteiger partial charge in [-0.3, -0.25) is 0 Å². The largest absolute Gasteiger partial charge is 0.497 e. The first-order chi connectivity index (χ1) is 12.5. The summed E-state index contributed by atoms with van der Waals surface area (Å²) in [6.45, 7) is -0.0241. The van der Waals surface area contributed by atoms with E-state index in [9.17, 15) is 8.78 Å². The number of unbranched alkanes of at least 4 members (excludes halogenated alkanes) is 1. The third-order valence-electron chi connectivity index (χ3n) is 3.67. The van der Waals surface area contributed by atoms with Gasteiger partial charge in [-0.2, -0.15) is 8.78 Å². The quantitative estimate of drug-likeness (QED) is 0.495. The summed E-state index contributed by atoms with van der Waals surface area (Å²) in [5.41, 5.74) is 1.95. The van der Waals surface area contributed by atoms with Crippen molar-refractivity contribution in [2.24, 2.45) is 0 Å². The van der Waals surface area contributed by atoms with Crippen LogP contribution in [0.5, 0.6) is 11.5 Å². The van der Waals surface area contributed by atoms with Crippen LogP contribution in [0.2, 0.25) is 0 Å². The molecule has 0 radical (unpaired) electrons. The fourth-order valence-electron chi connectivity index (χ4n) is 2.36. The lowest BCUT2D eigenvalue weighted by atomic mass is 10.0. The molecule has 2 N–H and O–H groups in total. The summed E-state index contributed by atoms with van der Waals surface area (Å²) >= 11 is 5.25. The molecule has 26 heavy (non-hydrogen) atoms. The summed E-state index contributed by atoms with van der Waals surface area (Å²) in [5.74, 6) is 0.779. The molecule has 7 heteroatoms. The summed E-state index contributed by atoms with van der Waals surface area (Å²) < 4.78 is 35.2. The molecule has 0 spiro atoms. The fourth-order valence-corrected chi connectivity index (χ4v) is 2.58. The Kier molecular flexibility index (Phi) is 7.59. The summed E-state index contributed by atoms with van der Waals surface area (Å²) in [4.78, 5) is 0. The number of rotatable bonds is 8. The second-order valence-electron chi connectivity index (χ2n) is 5.55. The second-order valence-corrected chi connectivity index (χ2v) is 5.96. The molecule has 0 atom stereocenters. The van der Waals surface area contributed by atoms with Crippen LogP contribution in [0, 0.1) is 0 Å². The summed E-state index contributed by atoms with van der Waals surface area (Å²) in [6, 6.07) is 12.0. The van der Waals surface area contributed by atoms with Gasteiger partial charge in [-0.25, -0.2) is 0 Å². The van der Waals surface area contributed by atoms with Crippen molar-refractivity contribution in [3.63, 3.8) is 0 Å². The highest BCUT2D eigenvalue weighted by Gasteiger charge is 2.13. The number of alkyl halides is 2. The van der Waals surface area contributed by atoms with E-state index in [2.05, 4.69) is 22.3 Å². The molecule has 0 saturated carbocycles. The zero-order valence-corrected chi connectivity index (χ0v) is 15.5. The Balaban J connectivity index is 2.25. The number of hydrogen-bond acceptors (Lipinski definition) is 3. The molecular weight excluding hydrogens is 358 g/mol. The number of ether oxygens (including phenoxy) is 2. The molecule has 140 valence electrons. The van der Waals surface area contributed by atoms with E-state index in [1.807, 2.05) is 0 Å². The van der Waals surface area contributed by atoms with Crippen LogP contribution in [-0.2, 0) is 0 Å². The maximum Gasteiger partial charge on any atom is 0.387 e. The maximum absolute atomic E-state index is 12.7. The van der Waals surface area contributed by atoms with Gasteiger partial charge < -0.3 is 20.1 Å². The Morgan fingerprint density at radius 3 is 2.50 bits per heavy atom. The highest BCUT2D eigenvalue weighted by Crippen LogP contribution is 2.34. The van der Waals surface area contributed by atoms with Gasteiger partial charge in [-0.05, 0) is 54.5 Å². The predicted octanol–water partition coefficient (Wildman–Crippen LogP) is 5.05. The zero-order valence-electron chi connectivity index (χ0n) is 14.7. The lowest BCUT2D eigenvalue weighted by molar-refractivity contribution is -0.0494. The first kappa shape index (κ1) is 19.9. The summed E-state index contributed by atoms with van der Waals surface area (Å²) in [7, 11) is 1.57. The standard InChI is InChI=1S/C19H22F2N2O2S/c1-3-4-11-22-19(26)23-14-7-10-17(25-18(20)21)16(12-14)13-5-8-15(24-2)9-6-13/h5-10,12,18H,3-4,11H2,1-2H3,(H2,22,23,26). The molecule has 4 nitrogen and oxygen atoms in total. The lowest BCUT2D eigenvalue weighted by Gasteiger charge is -2.15. The molecule has 0 heterocycles. The Morgan fingerprint density at radius 2 is 1.88 bits per heavy atom. The van der Waals surface area contributed by atoms with Gasteiger partial charge in [0, 0.05) is 17.8 Å². The highest BCUT2D eigenvalue weighted by molar-refractivity contribution is 7.80. The normalized spacial score (nSPS) is 10.5. The predicted molar refractivity (Wildman–Crippen MR) is 104 cm³/mol. The van der Waals surface area contributed by atoms with Crippen molar-refractivity contribution in [3.05, 3.63) is 42.5 Å². The van der Waals surface area contributed by atoms with Gasteiger partial charge in [0.15, 0.2) is 5.11 Å². The van der Waals surface area contributed by atoms with Crippen LogP contribution in [-0.4, -0.2) is 25.4 Å². The van der Waals surface area contributed by atoms with Gasteiger partial charge >= 0.3 is 6.61 Å². The maximum atomic E-state index is 12.7. The number of methoxy groups -OCH3 is 1. The zero-order chi connectivity index (χ0) is 18.9. The average molecular weight is 380 g/mol. The number of halogens is 2. The van der Waals surface area contributed by atoms with Crippen molar-refractivity contribution in [2.45, 2.75) is 26.4 Å². The van der Waals surface area contributed by atoms with Gasteiger partial charge in [0.1, 0.15) is 11.5 Å². The SMILES string of the molecule is CCCCNC(=S)Nc1ccc(OC(F)F)c(-c2ccc(OC)cc2)c1. The number of benzene rings is 2. The van der Waals surface area contributed by atoms with Crippen LogP contribution < -0.4 is 20.1 Å². The van der Waals surface area contributed by atoms with Crippen LogP contribution in [0.25, 0.3) is 11.1 Å². The fraction of sp³-hybridized carbons (Fsp3) is 0.316. The molecule has 0 aromatic heterocycles. The smallest absolute Gasteiger partial charge is 0.387 e. The molecule has 0 bridgehead atoms. The van der Waals surface area contributed by atoms with E-state index in [4.69, 9.17) is 17.0 Å². The number of thiocarbonyl (C=S) groups is 1. The molecule has 2 aromatic carbocycles. The topological polar surface area (TPSA) is 42.5 Å². The average Bonchev–Trinajstić information content (AvgIpc) is 2.63. The third-order valence-corrected chi connectivity index (χ3v) is 3.92. The van der Waals surface area contributed by atoms with Crippen LogP contribution in [0.4, 0.5) is 14.5 Å². The molecule has 0 amide bonds.